The Kier molecular flexibility index (Phi) is 6.86. The number of nitrogens with zero attached hydrogens (tertiary/aromatic N) is 5. The number of fused-ring (bicyclic) bond motifs is 1. The van der Waals surface area contributed by atoms with Crippen molar-refractivity contribution >= 4 is 68.6 Å². The zero-order valence-electron chi connectivity index (χ0n) is 18.2. The second-order valence-corrected chi connectivity index (χ2v) is 10.5. The molecule has 0 unspecified atom stereocenters. The maximum absolute atomic E-state index is 13.1. The highest BCUT2D eigenvalue weighted by molar-refractivity contribution is 14.1. The van der Waals surface area contributed by atoms with Crippen molar-refractivity contribution in [3.63, 3.8) is 0 Å². The molecule has 2 aromatic heterocycles. The highest BCUT2D eigenvalue weighted by atomic mass is 127. The number of aromatic nitrogens is 2. The van der Waals surface area contributed by atoms with Crippen molar-refractivity contribution in [3.05, 3.63) is 62.0 Å². The average Bonchev–Trinajstić information content (AvgIpc) is 2.85. The Balaban J connectivity index is 1.29. The summed E-state index contributed by atoms with van der Waals surface area (Å²) in [4.78, 5) is 40.0. The quantitative estimate of drug-likeness (QED) is 0.393. The van der Waals surface area contributed by atoms with Crippen LogP contribution in [0, 0.1) is 7.14 Å². The lowest BCUT2D eigenvalue weighted by atomic mass is 10.1. The van der Waals surface area contributed by atoms with E-state index in [0.717, 1.165) is 24.1 Å². The molecular formula is C24H21I2N5O3. The third-order valence-corrected chi connectivity index (χ3v) is 7.08. The lowest BCUT2D eigenvalue weighted by Crippen LogP contribution is -2.53. The minimum Gasteiger partial charge on any atom is -0.480 e. The Morgan fingerprint density at radius 2 is 1.74 bits per heavy atom. The topological polar surface area (TPSA) is 78.9 Å². The van der Waals surface area contributed by atoms with Crippen molar-refractivity contribution in [1.29, 1.82) is 0 Å². The van der Waals surface area contributed by atoms with Gasteiger partial charge in [-0.3, -0.25) is 14.5 Å². The van der Waals surface area contributed by atoms with Crippen LogP contribution in [0.4, 0.5) is 11.6 Å². The molecule has 0 radical (unpaired) electrons. The first kappa shape index (κ1) is 23.3. The number of carbonyl (C=O) groups is 2. The van der Waals surface area contributed by atoms with Crippen LogP contribution in [0.2, 0.25) is 0 Å². The van der Waals surface area contributed by atoms with E-state index in [1.165, 1.54) is 4.90 Å². The maximum atomic E-state index is 13.1. The molecule has 0 atom stereocenters. The predicted octanol–water partition coefficient (Wildman–Crippen LogP) is 3.43. The number of carbonyl (C=O) groups excluding carboxylic acids is 2. The molecule has 1 fully saturated rings. The molecule has 174 valence electrons. The number of amides is 2. The van der Waals surface area contributed by atoms with E-state index in [2.05, 4.69) is 78.2 Å². The van der Waals surface area contributed by atoms with Crippen LogP contribution < -0.4 is 14.5 Å². The maximum Gasteiger partial charge on any atom is 0.266 e. The fourth-order valence-electron chi connectivity index (χ4n) is 4.08. The molecule has 2 aliphatic heterocycles. The molecule has 0 bridgehead atoms. The number of hydrogen-bond donors (Lipinski definition) is 0. The van der Waals surface area contributed by atoms with E-state index in [1.807, 2.05) is 24.3 Å². The SMILES string of the molecule is O=C(CN1C(=O)COc2cc(-c3cc(I)cc(I)c3)cnc21)N1CCN(c2ccccn2)CC1. The van der Waals surface area contributed by atoms with Gasteiger partial charge >= 0.3 is 0 Å². The van der Waals surface area contributed by atoms with Gasteiger partial charge in [0.05, 0.1) is 0 Å². The van der Waals surface area contributed by atoms with Crippen LogP contribution in [-0.4, -0.2) is 66.0 Å². The molecule has 0 saturated carbocycles. The standard InChI is InChI=1S/C24H21I2N5O3/c25-18-9-16(10-19(26)12-18)17-11-20-24(28-13-17)31(23(33)15-34-20)14-22(32)30-7-5-29(6-8-30)21-3-1-2-4-27-21/h1-4,9-13H,5-8,14-15H2. The summed E-state index contributed by atoms with van der Waals surface area (Å²) in [7, 11) is 0. The third kappa shape index (κ3) is 4.97. The lowest BCUT2D eigenvalue weighted by Gasteiger charge is -2.36. The molecule has 3 aromatic rings. The van der Waals surface area contributed by atoms with Gasteiger partial charge in [-0.15, -0.1) is 0 Å². The summed E-state index contributed by atoms with van der Waals surface area (Å²) < 4.78 is 7.94. The summed E-state index contributed by atoms with van der Waals surface area (Å²) in [6.45, 7) is 2.41. The fraction of sp³-hybridized carbons (Fsp3) is 0.250. The predicted molar refractivity (Wildman–Crippen MR) is 146 cm³/mol. The van der Waals surface area contributed by atoms with Crippen molar-refractivity contribution in [1.82, 2.24) is 14.9 Å². The monoisotopic (exact) mass is 681 g/mol. The Bertz CT molecular complexity index is 1210. The number of ether oxygens (including phenoxy) is 1. The molecule has 10 heteroatoms. The van der Waals surface area contributed by atoms with Crippen LogP contribution in [-0.2, 0) is 9.59 Å². The van der Waals surface area contributed by atoms with Crippen LogP contribution in [0.25, 0.3) is 11.1 Å². The van der Waals surface area contributed by atoms with Crippen molar-refractivity contribution < 1.29 is 14.3 Å². The number of halogens is 2. The van der Waals surface area contributed by atoms with Gasteiger partial charge < -0.3 is 14.5 Å². The van der Waals surface area contributed by atoms with E-state index >= 15 is 0 Å². The first-order chi connectivity index (χ1) is 16.5. The summed E-state index contributed by atoms with van der Waals surface area (Å²) in [6.07, 6.45) is 3.50. The first-order valence-electron chi connectivity index (χ1n) is 10.8. The molecule has 0 aliphatic carbocycles. The van der Waals surface area contributed by atoms with Gasteiger partial charge in [-0.25, -0.2) is 9.97 Å². The van der Waals surface area contributed by atoms with Gasteiger partial charge in [-0.05, 0) is 87.1 Å². The molecule has 1 aromatic carbocycles. The summed E-state index contributed by atoms with van der Waals surface area (Å²) in [5, 5.41) is 0. The number of pyridine rings is 2. The molecule has 2 aliphatic rings. The Labute approximate surface area is 224 Å². The van der Waals surface area contributed by atoms with Crippen molar-refractivity contribution in [3.8, 4) is 16.9 Å². The van der Waals surface area contributed by atoms with E-state index in [4.69, 9.17) is 4.74 Å². The first-order valence-corrected chi connectivity index (χ1v) is 13.0. The van der Waals surface area contributed by atoms with E-state index in [9.17, 15) is 9.59 Å². The normalized spacial score (nSPS) is 15.7. The van der Waals surface area contributed by atoms with Crippen LogP contribution in [0.1, 0.15) is 0 Å². The van der Waals surface area contributed by atoms with Crippen LogP contribution >= 0.6 is 45.2 Å². The zero-order valence-corrected chi connectivity index (χ0v) is 22.5. The van der Waals surface area contributed by atoms with Gasteiger partial charge in [0.25, 0.3) is 5.91 Å². The highest BCUT2D eigenvalue weighted by Gasteiger charge is 2.31. The van der Waals surface area contributed by atoms with Gasteiger partial charge in [-0.2, -0.15) is 0 Å². The Hall–Kier alpha value is -2.48. The van der Waals surface area contributed by atoms with E-state index in [0.29, 0.717) is 37.7 Å². The largest absolute Gasteiger partial charge is 0.480 e. The van der Waals surface area contributed by atoms with E-state index < -0.39 is 0 Å². The van der Waals surface area contributed by atoms with Gasteiger partial charge in [-0.1, -0.05) is 6.07 Å². The molecule has 34 heavy (non-hydrogen) atoms. The van der Waals surface area contributed by atoms with Crippen LogP contribution in [0.5, 0.6) is 5.75 Å². The summed E-state index contributed by atoms with van der Waals surface area (Å²) in [5.41, 5.74) is 1.93. The minimum absolute atomic E-state index is 0.0493. The van der Waals surface area contributed by atoms with E-state index in [-0.39, 0.29) is 25.0 Å². The van der Waals surface area contributed by atoms with E-state index in [1.54, 1.807) is 17.3 Å². The fourth-order valence-corrected chi connectivity index (χ4v) is 6.02. The van der Waals surface area contributed by atoms with Crippen molar-refractivity contribution in [2.75, 3.05) is 49.1 Å². The van der Waals surface area contributed by atoms with Crippen LogP contribution in [0.3, 0.4) is 0 Å². The average molecular weight is 681 g/mol. The third-order valence-electron chi connectivity index (χ3n) is 5.84. The second-order valence-electron chi connectivity index (χ2n) is 8.03. The van der Waals surface area contributed by atoms with Crippen LogP contribution in [0.15, 0.2) is 54.9 Å². The summed E-state index contributed by atoms with van der Waals surface area (Å²) >= 11 is 4.58. The lowest BCUT2D eigenvalue weighted by molar-refractivity contribution is -0.132. The van der Waals surface area contributed by atoms with Crippen molar-refractivity contribution in [2.45, 2.75) is 0 Å². The Morgan fingerprint density at radius 1 is 0.971 bits per heavy atom. The summed E-state index contributed by atoms with van der Waals surface area (Å²) in [5.74, 6) is 1.45. The number of hydrogen-bond acceptors (Lipinski definition) is 6. The van der Waals surface area contributed by atoms with Gasteiger partial charge in [0.2, 0.25) is 5.91 Å². The van der Waals surface area contributed by atoms with Gasteiger partial charge in [0.15, 0.2) is 18.2 Å². The molecular weight excluding hydrogens is 660 g/mol. The van der Waals surface area contributed by atoms with Gasteiger partial charge in [0.1, 0.15) is 12.4 Å². The minimum atomic E-state index is -0.267. The smallest absolute Gasteiger partial charge is 0.266 e. The summed E-state index contributed by atoms with van der Waals surface area (Å²) in [6, 6.07) is 13.9. The molecule has 0 N–H and O–H groups in total. The molecule has 4 heterocycles. The number of piperazine rings is 1. The number of benzene rings is 1. The van der Waals surface area contributed by atoms with Crippen molar-refractivity contribution in [2.24, 2.45) is 0 Å². The molecule has 2 amide bonds. The molecule has 8 nitrogen and oxygen atoms in total. The van der Waals surface area contributed by atoms with Gasteiger partial charge in [0, 0.05) is 51.3 Å². The highest BCUT2D eigenvalue weighted by Crippen LogP contribution is 2.34. The molecule has 0 spiro atoms. The number of anilines is 2. The second kappa shape index (κ2) is 10.0. The molecule has 5 rings (SSSR count). The number of rotatable bonds is 4. The molecule has 1 saturated heterocycles. The Morgan fingerprint density at radius 3 is 2.44 bits per heavy atom. The zero-order chi connectivity index (χ0) is 23.7.